The van der Waals surface area contributed by atoms with Crippen molar-refractivity contribution in [2.24, 2.45) is 11.8 Å². The number of rotatable bonds is 3. The average Bonchev–Trinajstić information content (AvgIpc) is 1.87. The molecule has 0 heterocycles. The van der Waals surface area contributed by atoms with Crippen molar-refractivity contribution in [3.05, 3.63) is 0 Å². The summed E-state index contributed by atoms with van der Waals surface area (Å²) in [5.41, 5.74) is -0.495. The maximum Gasteiger partial charge on any atom is 0.309 e. The zero-order chi connectivity index (χ0) is 9.02. The van der Waals surface area contributed by atoms with Gasteiger partial charge in [0.25, 0.3) is 0 Å². The van der Waals surface area contributed by atoms with Gasteiger partial charge in [0, 0.05) is 5.92 Å². The standard InChI is InChI=1S/C8H15ClO2/c1-5(2)7(9)11-8(10)6(3)4/h5-7H,1-4H3. The van der Waals surface area contributed by atoms with Crippen LogP contribution in [-0.4, -0.2) is 11.5 Å². The lowest BCUT2D eigenvalue weighted by Crippen LogP contribution is -2.21. The SMILES string of the molecule is CC(C)C(=O)OC(Cl)C(C)C. The van der Waals surface area contributed by atoms with Crippen LogP contribution in [0, 0.1) is 11.8 Å². The minimum Gasteiger partial charge on any atom is -0.445 e. The molecular weight excluding hydrogens is 164 g/mol. The maximum atomic E-state index is 11.0. The van der Waals surface area contributed by atoms with Crippen molar-refractivity contribution in [1.82, 2.24) is 0 Å². The number of esters is 1. The van der Waals surface area contributed by atoms with Gasteiger partial charge in [-0.05, 0) is 0 Å². The number of alkyl halides is 1. The van der Waals surface area contributed by atoms with E-state index in [0.29, 0.717) is 0 Å². The van der Waals surface area contributed by atoms with Gasteiger partial charge < -0.3 is 4.74 Å². The van der Waals surface area contributed by atoms with Crippen LogP contribution in [0.2, 0.25) is 0 Å². The topological polar surface area (TPSA) is 26.3 Å². The van der Waals surface area contributed by atoms with E-state index in [4.69, 9.17) is 16.3 Å². The number of halogens is 1. The molecule has 0 radical (unpaired) electrons. The quantitative estimate of drug-likeness (QED) is 0.490. The molecule has 0 spiro atoms. The average molecular weight is 179 g/mol. The fourth-order valence-electron chi connectivity index (χ4n) is 0.383. The molecule has 2 nitrogen and oxygen atoms in total. The summed E-state index contributed by atoms with van der Waals surface area (Å²) < 4.78 is 4.90. The van der Waals surface area contributed by atoms with Crippen LogP contribution in [0.15, 0.2) is 0 Å². The number of carbonyl (C=O) groups is 1. The van der Waals surface area contributed by atoms with E-state index < -0.39 is 5.56 Å². The summed E-state index contributed by atoms with van der Waals surface area (Å²) in [6, 6.07) is 0. The second kappa shape index (κ2) is 4.60. The molecule has 66 valence electrons. The van der Waals surface area contributed by atoms with Gasteiger partial charge in [-0.15, -0.1) is 0 Å². The zero-order valence-electron chi connectivity index (χ0n) is 7.43. The van der Waals surface area contributed by atoms with Crippen LogP contribution in [-0.2, 0) is 9.53 Å². The summed E-state index contributed by atoms with van der Waals surface area (Å²) in [5, 5.41) is 0. The van der Waals surface area contributed by atoms with Gasteiger partial charge in [-0.1, -0.05) is 39.3 Å². The van der Waals surface area contributed by atoms with Crippen LogP contribution < -0.4 is 0 Å². The smallest absolute Gasteiger partial charge is 0.309 e. The summed E-state index contributed by atoms with van der Waals surface area (Å²) in [7, 11) is 0. The first kappa shape index (κ1) is 10.8. The van der Waals surface area contributed by atoms with Crippen molar-refractivity contribution in [1.29, 1.82) is 0 Å². The molecule has 0 aromatic rings. The van der Waals surface area contributed by atoms with Gasteiger partial charge in [0.1, 0.15) is 0 Å². The summed E-state index contributed by atoms with van der Waals surface area (Å²) in [4.78, 5) is 11.0. The molecule has 0 aromatic heterocycles. The Labute approximate surface area is 72.9 Å². The molecule has 0 aromatic carbocycles. The van der Waals surface area contributed by atoms with Crippen LogP contribution in [0.5, 0.6) is 0 Å². The van der Waals surface area contributed by atoms with E-state index in [2.05, 4.69) is 0 Å². The van der Waals surface area contributed by atoms with Crippen molar-refractivity contribution < 1.29 is 9.53 Å². The molecule has 1 unspecified atom stereocenters. The molecule has 0 bridgehead atoms. The van der Waals surface area contributed by atoms with E-state index in [1.54, 1.807) is 13.8 Å². The third-order valence-corrected chi connectivity index (χ3v) is 1.82. The second-order valence-electron chi connectivity index (χ2n) is 3.19. The summed E-state index contributed by atoms with van der Waals surface area (Å²) in [5.74, 6) is -0.173. The Morgan fingerprint density at radius 2 is 1.73 bits per heavy atom. The third kappa shape index (κ3) is 4.25. The highest BCUT2D eigenvalue weighted by Gasteiger charge is 2.16. The van der Waals surface area contributed by atoms with Gasteiger partial charge in [0.05, 0.1) is 5.92 Å². The molecule has 11 heavy (non-hydrogen) atoms. The van der Waals surface area contributed by atoms with Crippen LogP contribution in [0.25, 0.3) is 0 Å². The van der Waals surface area contributed by atoms with Gasteiger partial charge in [0.15, 0.2) is 5.56 Å². The molecule has 0 aliphatic rings. The highest BCUT2D eigenvalue weighted by atomic mass is 35.5. The molecule has 0 saturated heterocycles. The normalized spacial score (nSPS) is 13.7. The summed E-state index contributed by atoms with van der Waals surface area (Å²) in [6.07, 6.45) is 0. The van der Waals surface area contributed by atoms with Crippen molar-refractivity contribution in [2.75, 3.05) is 0 Å². The summed E-state index contributed by atoms with van der Waals surface area (Å²) in [6.45, 7) is 7.38. The van der Waals surface area contributed by atoms with E-state index in [1.807, 2.05) is 13.8 Å². The molecular formula is C8H15ClO2. The minimum absolute atomic E-state index is 0.102. The maximum absolute atomic E-state index is 11.0. The lowest BCUT2D eigenvalue weighted by atomic mass is 10.2. The molecule has 3 heteroatoms. The molecule has 0 amide bonds. The van der Waals surface area contributed by atoms with Crippen LogP contribution in [0.1, 0.15) is 27.7 Å². The summed E-state index contributed by atoms with van der Waals surface area (Å²) >= 11 is 5.71. The monoisotopic (exact) mass is 178 g/mol. The van der Waals surface area contributed by atoms with Crippen LogP contribution in [0.3, 0.4) is 0 Å². The van der Waals surface area contributed by atoms with E-state index in [1.165, 1.54) is 0 Å². The Kier molecular flexibility index (Phi) is 4.50. The fourth-order valence-corrected chi connectivity index (χ4v) is 0.471. The van der Waals surface area contributed by atoms with Gasteiger partial charge in [-0.25, -0.2) is 0 Å². The van der Waals surface area contributed by atoms with Gasteiger partial charge in [-0.2, -0.15) is 0 Å². The lowest BCUT2D eigenvalue weighted by Gasteiger charge is -2.15. The Morgan fingerprint density at radius 3 is 2.00 bits per heavy atom. The molecule has 0 aliphatic carbocycles. The Hall–Kier alpha value is -0.240. The molecule has 0 rings (SSSR count). The number of hydrogen-bond acceptors (Lipinski definition) is 2. The highest BCUT2D eigenvalue weighted by molar-refractivity contribution is 6.20. The van der Waals surface area contributed by atoms with Crippen LogP contribution in [0.4, 0.5) is 0 Å². The minimum atomic E-state index is -0.495. The largest absolute Gasteiger partial charge is 0.445 e. The van der Waals surface area contributed by atoms with E-state index in [-0.39, 0.29) is 17.8 Å². The molecule has 0 N–H and O–H groups in total. The zero-order valence-corrected chi connectivity index (χ0v) is 8.18. The van der Waals surface area contributed by atoms with Crippen molar-refractivity contribution in [2.45, 2.75) is 33.3 Å². The number of ether oxygens (including phenoxy) is 1. The van der Waals surface area contributed by atoms with Crippen LogP contribution >= 0.6 is 11.6 Å². The second-order valence-corrected chi connectivity index (χ2v) is 3.62. The van der Waals surface area contributed by atoms with E-state index >= 15 is 0 Å². The highest BCUT2D eigenvalue weighted by Crippen LogP contribution is 2.12. The van der Waals surface area contributed by atoms with Crippen molar-refractivity contribution in [3.63, 3.8) is 0 Å². The fraction of sp³-hybridized carbons (Fsp3) is 0.875. The number of hydrogen-bond donors (Lipinski definition) is 0. The molecule has 0 saturated carbocycles. The van der Waals surface area contributed by atoms with Crippen molar-refractivity contribution in [3.8, 4) is 0 Å². The molecule has 1 atom stereocenters. The predicted octanol–water partition coefficient (Wildman–Crippen LogP) is 2.41. The molecule has 0 fully saturated rings. The van der Waals surface area contributed by atoms with Crippen molar-refractivity contribution >= 4 is 17.6 Å². The Morgan fingerprint density at radius 1 is 1.27 bits per heavy atom. The predicted molar refractivity (Wildman–Crippen MR) is 45.4 cm³/mol. The Bertz CT molecular complexity index is 132. The van der Waals surface area contributed by atoms with Gasteiger partial charge >= 0.3 is 5.97 Å². The van der Waals surface area contributed by atoms with E-state index in [9.17, 15) is 4.79 Å². The number of carbonyl (C=O) groups excluding carboxylic acids is 1. The first-order valence-corrected chi connectivity index (χ1v) is 4.23. The Balaban J connectivity index is 3.76. The van der Waals surface area contributed by atoms with Gasteiger partial charge in [-0.3, -0.25) is 4.79 Å². The first-order valence-electron chi connectivity index (χ1n) is 3.79. The van der Waals surface area contributed by atoms with E-state index in [0.717, 1.165) is 0 Å². The third-order valence-electron chi connectivity index (χ3n) is 1.22. The van der Waals surface area contributed by atoms with Gasteiger partial charge in [0.2, 0.25) is 0 Å². The lowest BCUT2D eigenvalue weighted by molar-refractivity contribution is -0.150. The first-order chi connectivity index (χ1) is 4.95. The molecule has 0 aliphatic heterocycles.